The zero-order valence-electron chi connectivity index (χ0n) is 14.3. The average molecular weight is 336 g/mol. The Morgan fingerprint density at radius 3 is 2.88 bits per heavy atom. The van der Waals surface area contributed by atoms with Gasteiger partial charge in [0, 0.05) is 31.9 Å². The summed E-state index contributed by atoms with van der Waals surface area (Å²) in [7, 11) is 1.76. The number of aryl methyl sites for hydroxylation is 2. The normalized spacial score (nSPS) is 17.4. The summed E-state index contributed by atoms with van der Waals surface area (Å²) in [6, 6.07) is 11.3. The maximum atomic E-state index is 12.7. The number of amides is 1. The van der Waals surface area contributed by atoms with Crippen molar-refractivity contribution in [2.24, 2.45) is 7.05 Å². The minimum Gasteiger partial charge on any atom is -0.336 e. The number of nitrogens with zero attached hydrogens (tertiary/aromatic N) is 4. The molecule has 6 nitrogen and oxygen atoms in total. The molecule has 1 aromatic carbocycles. The van der Waals surface area contributed by atoms with Crippen molar-refractivity contribution in [3.8, 4) is 0 Å². The van der Waals surface area contributed by atoms with Crippen LogP contribution in [-0.4, -0.2) is 38.0 Å². The molecular weight excluding hydrogens is 316 g/mol. The van der Waals surface area contributed by atoms with Crippen molar-refractivity contribution >= 4 is 17.1 Å². The van der Waals surface area contributed by atoms with E-state index in [1.807, 2.05) is 48.2 Å². The molecule has 25 heavy (non-hydrogen) atoms. The van der Waals surface area contributed by atoms with E-state index in [-0.39, 0.29) is 17.6 Å². The molecule has 1 aliphatic heterocycles. The molecule has 1 aliphatic rings. The minimum absolute atomic E-state index is 0.0208. The molecule has 0 N–H and O–H groups in total. The first-order valence-electron chi connectivity index (χ1n) is 8.44. The number of carbonyl (C=O) groups is 1. The quantitative estimate of drug-likeness (QED) is 0.720. The van der Waals surface area contributed by atoms with Crippen LogP contribution in [0.4, 0.5) is 0 Å². The summed E-state index contributed by atoms with van der Waals surface area (Å²) in [5, 5.41) is 0. The van der Waals surface area contributed by atoms with E-state index >= 15 is 0 Å². The van der Waals surface area contributed by atoms with E-state index in [0.717, 1.165) is 17.5 Å². The third-order valence-electron chi connectivity index (χ3n) is 4.93. The Morgan fingerprint density at radius 2 is 2.08 bits per heavy atom. The second-order valence-corrected chi connectivity index (χ2v) is 6.62. The van der Waals surface area contributed by atoms with Gasteiger partial charge in [-0.3, -0.25) is 13.9 Å². The summed E-state index contributed by atoms with van der Waals surface area (Å²) in [5.74, 6) is 0.0208. The summed E-state index contributed by atoms with van der Waals surface area (Å²) in [5.41, 5.74) is 3.18. The second-order valence-electron chi connectivity index (χ2n) is 6.62. The molecule has 6 heteroatoms. The summed E-state index contributed by atoms with van der Waals surface area (Å²) in [4.78, 5) is 31.6. The van der Waals surface area contributed by atoms with E-state index in [2.05, 4.69) is 4.98 Å². The van der Waals surface area contributed by atoms with Crippen molar-refractivity contribution in [3.05, 3.63) is 64.2 Å². The zero-order chi connectivity index (χ0) is 17.6. The van der Waals surface area contributed by atoms with E-state index in [4.69, 9.17) is 0 Å². The van der Waals surface area contributed by atoms with Gasteiger partial charge in [-0.2, -0.15) is 0 Å². The van der Waals surface area contributed by atoms with E-state index in [1.54, 1.807) is 22.4 Å². The predicted octanol–water partition coefficient (Wildman–Crippen LogP) is 2.13. The minimum atomic E-state index is -0.0800. The lowest BCUT2D eigenvalue weighted by Crippen LogP contribution is -2.31. The molecule has 1 fully saturated rings. The Morgan fingerprint density at radius 1 is 1.24 bits per heavy atom. The van der Waals surface area contributed by atoms with E-state index < -0.39 is 0 Å². The van der Waals surface area contributed by atoms with Gasteiger partial charge in [-0.1, -0.05) is 17.7 Å². The Hall–Kier alpha value is -2.89. The number of fused-ring (bicyclic) bond motifs is 1. The zero-order valence-corrected chi connectivity index (χ0v) is 14.3. The molecule has 0 spiro atoms. The Kier molecular flexibility index (Phi) is 3.67. The van der Waals surface area contributed by atoms with Crippen molar-refractivity contribution in [2.45, 2.75) is 19.4 Å². The monoisotopic (exact) mass is 336 g/mol. The molecule has 4 rings (SSSR count). The molecule has 0 aliphatic carbocycles. The number of hydrogen-bond donors (Lipinski definition) is 0. The fourth-order valence-electron chi connectivity index (χ4n) is 3.62. The van der Waals surface area contributed by atoms with Crippen molar-refractivity contribution in [2.75, 3.05) is 13.1 Å². The van der Waals surface area contributed by atoms with Gasteiger partial charge in [0.15, 0.2) is 5.65 Å². The van der Waals surface area contributed by atoms with Gasteiger partial charge in [0.25, 0.3) is 5.91 Å². The van der Waals surface area contributed by atoms with Crippen LogP contribution in [0.3, 0.4) is 0 Å². The molecule has 0 unspecified atom stereocenters. The van der Waals surface area contributed by atoms with Crippen molar-refractivity contribution in [1.82, 2.24) is 19.0 Å². The predicted molar refractivity (Wildman–Crippen MR) is 95.7 cm³/mol. The van der Waals surface area contributed by atoms with Crippen molar-refractivity contribution in [3.63, 3.8) is 0 Å². The first-order valence-corrected chi connectivity index (χ1v) is 8.44. The van der Waals surface area contributed by atoms with Gasteiger partial charge in [0.2, 0.25) is 0 Å². The van der Waals surface area contributed by atoms with E-state index in [9.17, 15) is 9.59 Å². The molecule has 128 valence electrons. The molecule has 1 saturated heterocycles. The highest BCUT2D eigenvalue weighted by Gasteiger charge is 2.31. The highest BCUT2D eigenvalue weighted by atomic mass is 16.2. The summed E-state index contributed by atoms with van der Waals surface area (Å²) < 4.78 is 3.35. The van der Waals surface area contributed by atoms with Crippen LogP contribution in [0.1, 0.15) is 28.4 Å². The molecule has 2 aromatic heterocycles. The largest absolute Gasteiger partial charge is 0.336 e. The topological polar surface area (TPSA) is 60.1 Å². The average Bonchev–Trinajstić information content (AvgIpc) is 3.19. The number of benzene rings is 1. The molecule has 0 saturated carbocycles. The summed E-state index contributed by atoms with van der Waals surface area (Å²) >= 11 is 0. The van der Waals surface area contributed by atoms with Crippen LogP contribution in [-0.2, 0) is 7.05 Å². The number of rotatable bonds is 2. The number of imidazole rings is 1. The SMILES string of the molecule is Cc1cccc(C(=O)N2CC[C@@H](n3c(=O)n(C)c4cccnc43)C2)c1. The first kappa shape index (κ1) is 15.6. The van der Waals surface area contributed by atoms with Crippen LogP contribution in [0.25, 0.3) is 11.2 Å². The Labute approximate surface area is 145 Å². The van der Waals surface area contributed by atoms with Gasteiger partial charge >= 0.3 is 5.69 Å². The molecule has 3 heterocycles. The van der Waals surface area contributed by atoms with Crippen LogP contribution in [0.5, 0.6) is 0 Å². The molecule has 0 bridgehead atoms. The lowest BCUT2D eigenvalue weighted by molar-refractivity contribution is 0.0787. The Balaban J connectivity index is 1.64. The number of likely N-dealkylation sites (tertiary alicyclic amines) is 1. The van der Waals surface area contributed by atoms with Crippen LogP contribution in [0.2, 0.25) is 0 Å². The summed E-state index contributed by atoms with van der Waals surface area (Å²) in [6.45, 7) is 3.15. The van der Waals surface area contributed by atoms with Gasteiger partial charge in [-0.15, -0.1) is 0 Å². The van der Waals surface area contributed by atoms with Crippen LogP contribution >= 0.6 is 0 Å². The van der Waals surface area contributed by atoms with Gasteiger partial charge in [0.05, 0.1) is 11.6 Å². The number of hydrogen-bond acceptors (Lipinski definition) is 3. The maximum Gasteiger partial charge on any atom is 0.330 e. The van der Waals surface area contributed by atoms with E-state index in [1.165, 1.54) is 0 Å². The van der Waals surface area contributed by atoms with Crippen molar-refractivity contribution in [1.29, 1.82) is 0 Å². The number of carbonyl (C=O) groups excluding carboxylic acids is 1. The molecule has 3 aromatic rings. The van der Waals surface area contributed by atoms with Crippen molar-refractivity contribution < 1.29 is 4.79 Å². The molecule has 1 atom stereocenters. The van der Waals surface area contributed by atoms with Gasteiger partial charge in [-0.25, -0.2) is 9.78 Å². The summed E-state index contributed by atoms with van der Waals surface area (Å²) in [6.07, 6.45) is 2.45. The smallest absolute Gasteiger partial charge is 0.330 e. The fraction of sp³-hybridized carbons (Fsp3) is 0.316. The third kappa shape index (κ3) is 2.54. The number of pyridine rings is 1. The number of aromatic nitrogens is 3. The maximum absolute atomic E-state index is 12.7. The van der Waals surface area contributed by atoms with Gasteiger partial charge in [0.1, 0.15) is 0 Å². The first-order chi connectivity index (χ1) is 12.1. The molecular formula is C19H20N4O2. The lowest BCUT2D eigenvalue weighted by Gasteiger charge is -2.17. The van der Waals surface area contributed by atoms with E-state index in [0.29, 0.717) is 24.3 Å². The molecule has 0 radical (unpaired) electrons. The third-order valence-corrected chi connectivity index (χ3v) is 4.93. The highest BCUT2D eigenvalue weighted by molar-refractivity contribution is 5.94. The standard InChI is InChI=1S/C19H20N4O2/c1-13-5-3-6-14(11-13)18(24)22-10-8-15(12-22)23-17-16(7-4-9-20-17)21(2)19(23)25/h3-7,9,11,15H,8,10,12H2,1-2H3/t15-/m1/s1. The second kappa shape index (κ2) is 5.88. The fourth-order valence-corrected chi connectivity index (χ4v) is 3.62. The lowest BCUT2D eigenvalue weighted by atomic mass is 10.1. The van der Waals surface area contributed by atoms with Gasteiger partial charge in [-0.05, 0) is 37.6 Å². The van der Waals surface area contributed by atoms with Crippen LogP contribution in [0, 0.1) is 6.92 Å². The van der Waals surface area contributed by atoms with Gasteiger partial charge < -0.3 is 4.90 Å². The van der Waals surface area contributed by atoms with Crippen LogP contribution < -0.4 is 5.69 Å². The Bertz CT molecular complexity index is 1020. The molecule has 1 amide bonds. The highest BCUT2D eigenvalue weighted by Crippen LogP contribution is 2.25. The van der Waals surface area contributed by atoms with Crippen LogP contribution in [0.15, 0.2) is 47.4 Å².